The summed E-state index contributed by atoms with van der Waals surface area (Å²) >= 11 is 7.48. The minimum atomic E-state index is -0.469. The van der Waals surface area contributed by atoms with Crippen LogP contribution < -0.4 is 11.2 Å². The highest BCUT2D eigenvalue weighted by Crippen LogP contribution is 2.24. The van der Waals surface area contributed by atoms with E-state index < -0.39 is 11.2 Å². The third-order valence-corrected chi connectivity index (χ3v) is 7.22. The molecule has 0 aliphatic heterocycles. The van der Waals surface area contributed by atoms with E-state index in [1.807, 2.05) is 71.9 Å². The smallest absolute Gasteiger partial charge is 0.317 e. The molecule has 5 aromatic heterocycles. The molecule has 1 N–H and O–H groups in total. The lowest BCUT2D eigenvalue weighted by Gasteiger charge is -2.09. The van der Waals surface area contributed by atoms with E-state index in [0.717, 1.165) is 27.5 Å². The maximum absolute atomic E-state index is 12.9. The van der Waals surface area contributed by atoms with Gasteiger partial charge in [0.15, 0.2) is 16.1 Å². The third-order valence-electron chi connectivity index (χ3n) is 6.10. The summed E-state index contributed by atoms with van der Waals surface area (Å²) in [6.07, 6.45) is 6.01. The lowest BCUT2D eigenvalue weighted by molar-refractivity contribution is 0.717. The molecule has 0 fully saturated rings. The van der Waals surface area contributed by atoms with E-state index in [-0.39, 0.29) is 0 Å². The van der Waals surface area contributed by atoms with Crippen LogP contribution in [0.2, 0.25) is 4.34 Å². The van der Waals surface area contributed by atoms with Crippen LogP contribution in [-0.2, 0) is 26.6 Å². The minimum Gasteiger partial charge on any atom is -0.317 e. The molecule has 0 amide bonds. The van der Waals surface area contributed by atoms with Gasteiger partial charge in [-0.2, -0.15) is 5.10 Å². The number of aromatic nitrogens is 8. The van der Waals surface area contributed by atoms with Crippen molar-refractivity contribution in [3.05, 3.63) is 91.2 Å². The summed E-state index contributed by atoms with van der Waals surface area (Å²) in [5.74, 6) is 0.647. The molecule has 0 aliphatic carbocycles. The lowest BCUT2D eigenvalue weighted by Crippen LogP contribution is -2.30. The summed E-state index contributed by atoms with van der Waals surface area (Å²) in [7, 11) is 1.88. The first-order valence-corrected chi connectivity index (χ1v) is 12.5. The topological polar surface area (TPSA) is 108 Å². The fourth-order valence-electron chi connectivity index (χ4n) is 4.41. The van der Waals surface area contributed by atoms with E-state index >= 15 is 0 Å². The van der Waals surface area contributed by atoms with Crippen molar-refractivity contribution in [2.45, 2.75) is 26.4 Å². The second-order valence-corrected chi connectivity index (χ2v) is 10.1. The predicted molar refractivity (Wildman–Crippen MR) is 139 cm³/mol. The van der Waals surface area contributed by atoms with Crippen LogP contribution in [0.3, 0.4) is 0 Å². The van der Waals surface area contributed by atoms with Crippen molar-refractivity contribution in [3.8, 4) is 11.3 Å². The molecule has 1 aromatic carbocycles. The van der Waals surface area contributed by atoms with Crippen LogP contribution in [0.5, 0.6) is 0 Å². The molecule has 5 heterocycles. The van der Waals surface area contributed by atoms with Crippen molar-refractivity contribution in [1.29, 1.82) is 0 Å². The van der Waals surface area contributed by atoms with E-state index in [2.05, 4.69) is 15.1 Å². The van der Waals surface area contributed by atoms with Crippen molar-refractivity contribution in [3.63, 3.8) is 0 Å². The maximum Gasteiger partial charge on any atom is 0.330 e. The molecule has 12 heteroatoms. The number of thiazole rings is 1. The Balaban J connectivity index is 1.44. The van der Waals surface area contributed by atoms with Gasteiger partial charge in [0.1, 0.15) is 10.2 Å². The Labute approximate surface area is 213 Å². The molecule has 0 atom stereocenters. The monoisotopic (exact) mass is 520 g/mol. The molecule has 0 bridgehead atoms. The van der Waals surface area contributed by atoms with E-state index in [4.69, 9.17) is 16.6 Å². The lowest BCUT2D eigenvalue weighted by atomic mass is 10.1. The van der Waals surface area contributed by atoms with E-state index in [9.17, 15) is 9.59 Å². The Morgan fingerprint density at radius 1 is 1.06 bits per heavy atom. The van der Waals surface area contributed by atoms with Crippen molar-refractivity contribution in [1.82, 2.24) is 38.3 Å². The molecule has 6 rings (SSSR count). The highest BCUT2D eigenvalue weighted by atomic mass is 35.5. The van der Waals surface area contributed by atoms with E-state index in [1.165, 1.54) is 15.9 Å². The van der Waals surface area contributed by atoms with Crippen LogP contribution in [0.25, 0.3) is 27.4 Å². The van der Waals surface area contributed by atoms with Gasteiger partial charge in [0, 0.05) is 50.7 Å². The normalized spacial score (nSPS) is 11.8. The number of fused-ring (bicyclic) bond motifs is 2. The number of aromatic amines is 1. The first kappa shape index (κ1) is 22.5. The van der Waals surface area contributed by atoms with Gasteiger partial charge in [-0.25, -0.2) is 14.8 Å². The zero-order valence-electron chi connectivity index (χ0n) is 19.5. The van der Waals surface area contributed by atoms with Crippen molar-refractivity contribution in [2.24, 2.45) is 7.05 Å². The van der Waals surface area contributed by atoms with Gasteiger partial charge in [-0.15, -0.1) is 0 Å². The van der Waals surface area contributed by atoms with Gasteiger partial charge >= 0.3 is 5.69 Å². The molecule has 0 unspecified atom stereocenters. The number of hydrogen-bond acceptors (Lipinski definition) is 6. The Bertz CT molecular complexity index is 1820. The second-order valence-electron chi connectivity index (χ2n) is 8.50. The van der Waals surface area contributed by atoms with Crippen LogP contribution in [0.15, 0.2) is 58.5 Å². The van der Waals surface area contributed by atoms with Gasteiger partial charge in [0.05, 0.1) is 11.4 Å². The summed E-state index contributed by atoms with van der Waals surface area (Å²) in [6, 6.07) is 10.0. The first-order chi connectivity index (χ1) is 17.4. The first-order valence-electron chi connectivity index (χ1n) is 11.3. The highest BCUT2D eigenvalue weighted by Gasteiger charge is 2.20. The molecule has 0 radical (unpaired) electrons. The zero-order valence-corrected chi connectivity index (χ0v) is 21.0. The molecule has 36 heavy (non-hydrogen) atoms. The number of hydrogen-bond donors (Lipinski definition) is 1. The number of halogens is 1. The highest BCUT2D eigenvalue weighted by molar-refractivity contribution is 7.20. The molecule has 0 saturated heterocycles. The van der Waals surface area contributed by atoms with Gasteiger partial charge in [0.2, 0.25) is 0 Å². The van der Waals surface area contributed by atoms with Gasteiger partial charge in [0.25, 0.3) is 5.56 Å². The Morgan fingerprint density at radius 2 is 1.86 bits per heavy atom. The minimum absolute atomic E-state index is 0.365. The molecule has 6 aromatic rings. The third kappa shape index (κ3) is 3.86. The van der Waals surface area contributed by atoms with Crippen LogP contribution in [0.4, 0.5) is 0 Å². The summed E-state index contributed by atoms with van der Waals surface area (Å²) in [5.41, 5.74) is 3.48. The van der Waals surface area contributed by atoms with E-state index in [1.54, 1.807) is 4.68 Å². The number of aryl methyl sites for hydroxylation is 2. The maximum atomic E-state index is 12.9. The Kier molecular flexibility index (Phi) is 5.38. The molecule has 182 valence electrons. The number of nitrogens with zero attached hydrogens (tertiary/aromatic N) is 7. The second kappa shape index (κ2) is 8.61. The van der Waals surface area contributed by atoms with Gasteiger partial charge in [-0.3, -0.25) is 23.4 Å². The summed E-state index contributed by atoms with van der Waals surface area (Å²) in [6.45, 7) is 2.65. The van der Waals surface area contributed by atoms with Crippen LogP contribution in [0, 0.1) is 0 Å². The SMILES string of the molecule is CCn1c(=O)[nH]c(=O)c2c1nc(Cc1cn3cc(Cl)sc3n1)n2Cc1ccc(-c2ccn(C)n2)cc1. The number of imidazole rings is 2. The fourth-order valence-corrected chi connectivity index (χ4v) is 5.44. The zero-order chi connectivity index (χ0) is 25.0. The molecule has 0 spiro atoms. The van der Waals surface area contributed by atoms with Crippen molar-refractivity contribution >= 4 is 39.1 Å². The molecule has 10 nitrogen and oxygen atoms in total. The van der Waals surface area contributed by atoms with Crippen LogP contribution in [0.1, 0.15) is 24.0 Å². The van der Waals surface area contributed by atoms with Crippen molar-refractivity contribution < 1.29 is 0 Å². The predicted octanol–water partition coefficient (Wildman–Crippen LogP) is 3.31. The van der Waals surface area contributed by atoms with Gasteiger partial charge in [-0.1, -0.05) is 47.2 Å². The Hall–Kier alpha value is -3.96. The van der Waals surface area contributed by atoms with Crippen molar-refractivity contribution in [2.75, 3.05) is 0 Å². The summed E-state index contributed by atoms with van der Waals surface area (Å²) in [5, 5.41) is 4.45. The van der Waals surface area contributed by atoms with E-state index in [0.29, 0.717) is 40.8 Å². The van der Waals surface area contributed by atoms with Gasteiger partial charge < -0.3 is 4.57 Å². The fraction of sp³-hybridized carbons (Fsp3) is 0.208. The summed E-state index contributed by atoms with van der Waals surface area (Å²) < 4.78 is 7.65. The van der Waals surface area contributed by atoms with Gasteiger partial charge in [-0.05, 0) is 18.6 Å². The van der Waals surface area contributed by atoms with Crippen LogP contribution >= 0.6 is 22.9 Å². The average molecular weight is 521 g/mol. The largest absolute Gasteiger partial charge is 0.330 e. The number of H-pyrrole nitrogens is 1. The van der Waals surface area contributed by atoms with Crippen LogP contribution in [-0.4, -0.2) is 38.3 Å². The average Bonchev–Trinajstić information content (AvgIpc) is 3.59. The molecule has 0 aliphatic rings. The summed E-state index contributed by atoms with van der Waals surface area (Å²) in [4.78, 5) is 38.0. The Morgan fingerprint density at radius 3 is 2.56 bits per heavy atom. The number of nitrogens with one attached hydrogen (secondary N) is 1. The molecule has 0 saturated carbocycles. The molecular weight excluding hydrogens is 500 g/mol. The quantitative estimate of drug-likeness (QED) is 0.362. The number of benzene rings is 1. The molecular formula is C24H21ClN8O2S. The standard InChI is InChI=1S/C24H21ClN8O2S/c1-3-32-21-20(22(34)28-23(32)35)33(11-14-4-6-15(7-5-14)17-8-9-30(2)29-17)19(27-21)10-16-12-31-13-18(25)36-24(31)26-16/h4-9,12-13H,3,10-11H2,1-2H3,(H,28,34,35). The number of rotatable bonds is 6.